The summed E-state index contributed by atoms with van der Waals surface area (Å²) in [6.45, 7) is 3.06. The first kappa shape index (κ1) is 19.8. The van der Waals surface area contributed by atoms with E-state index in [2.05, 4.69) is 22.2 Å². The van der Waals surface area contributed by atoms with Crippen LogP contribution in [0, 0.1) is 6.92 Å². The molecular weight excluding hydrogens is 376 g/mol. The maximum absolute atomic E-state index is 13.3. The summed E-state index contributed by atoms with van der Waals surface area (Å²) in [6, 6.07) is 17.9. The van der Waals surface area contributed by atoms with E-state index in [1.165, 1.54) is 10.9 Å². The second-order valence-electron chi connectivity index (χ2n) is 7.48. The molecule has 1 N–H and O–H groups in total. The van der Waals surface area contributed by atoms with Gasteiger partial charge < -0.3 is 14.6 Å². The molecule has 1 amide bonds. The Hall–Kier alpha value is -3.54. The Kier molecular flexibility index (Phi) is 5.57. The number of nitrogens with one attached hydrogen (secondary N) is 1. The van der Waals surface area contributed by atoms with Crippen LogP contribution in [0.4, 0.5) is 0 Å². The minimum absolute atomic E-state index is 0.0608. The summed E-state index contributed by atoms with van der Waals surface area (Å²) in [5.74, 6) is 0.741. The molecule has 0 radical (unpaired) electrons. The minimum atomic E-state index is -0.0608. The molecule has 4 aromatic rings. The molecule has 4 rings (SSSR count). The van der Waals surface area contributed by atoms with E-state index >= 15 is 0 Å². The zero-order valence-corrected chi connectivity index (χ0v) is 17.6. The Balaban J connectivity index is 1.57. The Morgan fingerprint density at radius 3 is 2.63 bits per heavy atom. The Morgan fingerprint density at radius 1 is 1.17 bits per heavy atom. The number of carbonyl (C=O) groups excluding carboxylic acids is 1. The number of aromatic nitrogens is 3. The van der Waals surface area contributed by atoms with Crippen LogP contribution in [0.15, 0.2) is 60.8 Å². The molecule has 6 heteroatoms. The van der Waals surface area contributed by atoms with Crippen molar-refractivity contribution < 1.29 is 9.53 Å². The highest BCUT2D eigenvalue weighted by Crippen LogP contribution is 2.20. The van der Waals surface area contributed by atoms with E-state index in [1.54, 1.807) is 11.8 Å². The second-order valence-corrected chi connectivity index (χ2v) is 7.48. The van der Waals surface area contributed by atoms with Gasteiger partial charge in [0.2, 0.25) is 0 Å². The van der Waals surface area contributed by atoms with E-state index in [9.17, 15) is 4.79 Å². The highest BCUT2D eigenvalue weighted by atomic mass is 16.5. The largest absolute Gasteiger partial charge is 0.497 e. The highest BCUT2D eigenvalue weighted by molar-refractivity contribution is 5.92. The molecule has 0 saturated heterocycles. The number of carbonyl (C=O) groups is 1. The van der Waals surface area contributed by atoms with Crippen molar-refractivity contribution in [2.24, 2.45) is 7.05 Å². The molecule has 2 heterocycles. The molecule has 0 aliphatic rings. The summed E-state index contributed by atoms with van der Waals surface area (Å²) in [5, 5.41) is 5.59. The lowest BCUT2D eigenvalue weighted by Crippen LogP contribution is -2.33. The number of hydrogen-bond donors (Lipinski definition) is 1. The van der Waals surface area contributed by atoms with E-state index in [1.807, 2.05) is 67.5 Å². The summed E-state index contributed by atoms with van der Waals surface area (Å²) >= 11 is 0. The first-order valence-electron chi connectivity index (χ1n) is 10.0. The van der Waals surface area contributed by atoms with Crippen LogP contribution in [0.5, 0.6) is 5.75 Å². The molecule has 0 unspecified atom stereocenters. The fourth-order valence-corrected chi connectivity index (χ4v) is 3.62. The molecule has 0 aliphatic heterocycles. The predicted molar refractivity (Wildman–Crippen MR) is 118 cm³/mol. The van der Waals surface area contributed by atoms with Gasteiger partial charge in [0, 0.05) is 42.9 Å². The van der Waals surface area contributed by atoms with Gasteiger partial charge >= 0.3 is 0 Å². The van der Waals surface area contributed by atoms with Gasteiger partial charge in [-0.15, -0.1) is 0 Å². The van der Waals surface area contributed by atoms with Gasteiger partial charge in [-0.2, -0.15) is 5.10 Å². The predicted octanol–water partition coefficient (Wildman–Crippen LogP) is 4.10. The number of hydrogen-bond acceptors (Lipinski definition) is 3. The number of para-hydroxylation sites is 1. The first-order chi connectivity index (χ1) is 14.5. The molecule has 2 aromatic carbocycles. The monoisotopic (exact) mass is 402 g/mol. The number of aromatic amines is 1. The van der Waals surface area contributed by atoms with Crippen LogP contribution in [-0.2, 0) is 20.0 Å². The Labute approximate surface area is 176 Å². The van der Waals surface area contributed by atoms with Gasteiger partial charge in [0.05, 0.1) is 7.11 Å². The molecule has 0 atom stereocenters. The van der Waals surface area contributed by atoms with Gasteiger partial charge in [0.1, 0.15) is 5.75 Å². The third kappa shape index (κ3) is 4.08. The summed E-state index contributed by atoms with van der Waals surface area (Å²) < 4.78 is 6.98. The summed E-state index contributed by atoms with van der Waals surface area (Å²) in [4.78, 5) is 18.5. The average molecular weight is 402 g/mol. The van der Waals surface area contributed by atoms with E-state index in [0.717, 1.165) is 28.9 Å². The van der Waals surface area contributed by atoms with E-state index in [4.69, 9.17) is 4.74 Å². The third-order valence-electron chi connectivity index (χ3n) is 5.48. The van der Waals surface area contributed by atoms with Crippen molar-refractivity contribution in [1.29, 1.82) is 0 Å². The summed E-state index contributed by atoms with van der Waals surface area (Å²) in [7, 11) is 3.50. The highest BCUT2D eigenvalue weighted by Gasteiger charge is 2.20. The molecular formula is C24H26N4O2. The Morgan fingerprint density at radius 2 is 1.93 bits per heavy atom. The molecule has 0 saturated carbocycles. The lowest BCUT2D eigenvalue weighted by molar-refractivity contribution is 0.0738. The quantitative estimate of drug-likeness (QED) is 0.506. The van der Waals surface area contributed by atoms with Crippen LogP contribution >= 0.6 is 0 Å². The number of ether oxygens (including phenoxy) is 1. The minimum Gasteiger partial charge on any atom is -0.497 e. The van der Waals surface area contributed by atoms with Gasteiger partial charge in [-0.25, -0.2) is 0 Å². The van der Waals surface area contributed by atoms with Crippen LogP contribution in [0.2, 0.25) is 0 Å². The molecule has 0 bridgehead atoms. The van der Waals surface area contributed by atoms with Crippen molar-refractivity contribution in [3.8, 4) is 5.75 Å². The third-order valence-corrected chi connectivity index (χ3v) is 5.48. The Bertz CT molecular complexity index is 1140. The normalized spacial score (nSPS) is 11.0. The van der Waals surface area contributed by atoms with Gasteiger partial charge in [0.25, 0.3) is 5.91 Å². The SMILES string of the molecule is COc1ccc(CN(CCc2c[nH]c3ccccc23)C(=O)c2cc(C)n(C)n2)cc1. The maximum atomic E-state index is 13.3. The zero-order chi connectivity index (χ0) is 21.1. The molecule has 6 nitrogen and oxygen atoms in total. The smallest absolute Gasteiger partial charge is 0.274 e. The van der Waals surface area contributed by atoms with Crippen LogP contribution in [-0.4, -0.2) is 39.2 Å². The maximum Gasteiger partial charge on any atom is 0.274 e. The molecule has 0 spiro atoms. The molecule has 0 fully saturated rings. The number of rotatable bonds is 7. The number of aryl methyl sites for hydroxylation is 2. The van der Waals surface area contributed by atoms with Crippen molar-refractivity contribution in [2.45, 2.75) is 19.9 Å². The molecule has 30 heavy (non-hydrogen) atoms. The average Bonchev–Trinajstić information content (AvgIpc) is 3.34. The van der Waals surface area contributed by atoms with Gasteiger partial charge in [0.15, 0.2) is 5.69 Å². The molecule has 2 aromatic heterocycles. The first-order valence-corrected chi connectivity index (χ1v) is 10.0. The number of amides is 1. The fourth-order valence-electron chi connectivity index (χ4n) is 3.62. The molecule has 0 aliphatic carbocycles. The number of methoxy groups -OCH3 is 1. The van der Waals surface area contributed by atoms with Crippen molar-refractivity contribution >= 4 is 16.8 Å². The van der Waals surface area contributed by atoms with Crippen molar-refractivity contribution in [3.05, 3.63) is 83.3 Å². The number of benzene rings is 2. The van der Waals surface area contributed by atoms with Crippen LogP contribution < -0.4 is 4.74 Å². The van der Waals surface area contributed by atoms with E-state index < -0.39 is 0 Å². The van der Waals surface area contributed by atoms with Crippen LogP contribution in [0.1, 0.15) is 27.3 Å². The lowest BCUT2D eigenvalue weighted by atomic mass is 10.1. The summed E-state index contributed by atoms with van der Waals surface area (Å²) in [5.41, 5.74) is 4.80. The van der Waals surface area contributed by atoms with E-state index in [0.29, 0.717) is 18.8 Å². The lowest BCUT2D eigenvalue weighted by Gasteiger charge is -2.22. The summed E-state index contributed by atoms with van der Waals surface area (Å²) in [6.07, 6.45) is 2.79. The topological polar surface area (TPSA) is 63.1 Å². The van der Waals surface area contributed by atoms with Crippen LogP contribution in [0.25, 0.3) is 10.9 Å². The second kappa shape index (κ2) is 8.45. The van der Waals surface area contributed by atoms with Crippen molar-refractivity contribution in [2.75, 3.05) is 13.7 Å². The van der Waals surface area contributed by atoms with E-state index in [-0.39, 0.29) is 5.91 Å². The van der Waals surface area contributed by atoms with Gasteiger partial charge in [-0.1, -0.05) is 30.3 Å². The van der Waals surface area contributed by atoms with Crippen molar-refractivity contribution in [1.82, 2.24) is 19.7 Å². The fraction of sp³-hybridized carbons (Fsp3) is 0.250. The number of fused-ring (bicyclic) bond motifs is 1. The van der Waals surface area contributed by atoms with Crippen LogP contribution in [0.3, 0.4) is 0 Å². The van der Waals surface area contributed by atoms with Gasteiger partial charge in [-0.05, 0) is 48.7 Å². The molecule has 154 valence electrons. The zero-order valence-electron chi connectivity index (χ0n) is 17.6. The standard InChI is InChI=1S/C24H26N4O2/c1-17-14-23(26-27(17)2)24(29)28(16-18-8-10-20(30-3)11-9-18)13-12-19-15-25-22-7-5-4-6-21(19)22/h4-11,14-15,25H,12-13,16H2,1-3H3. The number of nitrogens with zero attached hydrogens (tertiary/aromatic N) is 3. The van der Waals surface area contributed by atoms with Gasteiger partial charge in [-0.3, -0.25) is 9.48 Å². The van der Waals surface area contributed by atoms with Crippen molar-refractivity contribution in [3.63, 3.8) is 0 Å². The number of H-pyrrole nitrogens is 1.